The molecule has 0 aliphatic carbocycles. The Morgan fingerprint density at radius 2 is 2.35 bits per heavy atom. The van der Waals surface area contributed by atoms with Crippen LogP contribution in [0, 0.1) is 12.8 Å². The molecule has 5 nitrogen and oxygen atoms in total. The number of hydrogen-bond acceptors (Lipinski definition) is 3. The molecule has 1 aromatic rings. The number of aryl methyl sites for hydroxylation is 1. The summed E-state index contributed by atoms with van der Waals surface area (Å²) in [5.41, 5.74) is 2.18. The molecule has 0 spiro atoms. The summed E-state index contributed by atoms with van der Waals surface area (Å²) in [6, 6.07) is 5.68. The predicted octanol–water partition coefficient (Wildman–Crippen LogP) is 1.75. The Hall–Kier alpha value is -1.75. The van der Waals surface area contributed by atoms with E-state index in [2.05, 4.69) is 10.6 Å². The second-order valence-corrected chi connectivity index (χ2v) is 5.38. The number of carbonyl (C=O) groups excluding carboxylic acids is 1. The second kappa shape index (κ2) is 6.61. The maximum atomic E-state index is 11.9. The van der Waals surface area contributed by atoms with E-state index in [4.69, 9.17) is 9.84 Å². The number of amides is 2. The van der Waals surface area contributed by atoms with Gasteiger partial charge in [-0.1, -0.05) is 24.6 Å². The van der Waals surface area contributed by atoms with Crippen LogP contribution < -0.4 is 15.4 Å². The number of fused-ring (bicyclic) bond motifs is 1. The lowest BCUT2D eigenvalue weighted by Gasteiger charge is -2.15. The van der Waals surface area contributed by atoms with Gasteiger partial charge < -0.3 is 20.5 Å². The molecule has 0 saturated carbocycles. The minimum atomic E-state index is -0.197. The fraction of sp³-hybridized carbons (Fsp3) is 0.533. The van der Waals surface area contributed by atoms with Crippen LogP contribution in [0.15, 0.2) is 18.2 Å². The van der Waals surface area contributed by atoms with Crippen molar-refractivity contribution in [3.8, 4) is 5.75 Å². The maximum absolute atomic E-state index is 11.9. The Morgan fingerprint density at radius 3 is 3.10 bits per heavy atom. The van der Waals surface area contributed by atoms with Gasteiger partial charge in [0, 0.05) is 18.7 Å². The largest absolute Gasteiger partial charge is 0.491 e. The highest BCUT2D eigenvalue weighted by atomic mass is 16.5. The van der Waals surface area contributed by atoms with Gasteiger partial charge in [-0.25, -0.2) is 4.79 Å². The predicted molar refractivity (Wildman–Crippen MR) is 76.8 cm³/mol. The van der Waals surface area contributed by atoms with Crippen LogP contribution in [0.3, 0.4) is 0 Å². The Balaban J connectivity index is 1.86. The Labute approximate surface area is 119 Å². The summed E-state index contributed by atoms with van der Waals surface area (Å²) in [5, 5.41) is 14.6. The third-order valence-electron chi connectivity index (χ3n) is 3.48. The zero-order valence-corrected chi connectivity index (χ0v) is 12.0. The monoisotopic (exact) mass is 278 g/mol. The van der Waals surface area contributed by atoms with Crippen molar-refractivity contribution in [1.29, 1.82) is 0 Å². The first-order chi connectivity index (χ1) is 9.60. The Morgan fingerprint density at radius 1 is 1.55 bits per heavy atom. The SMILES string of the molecule is Cc1ccc2c(c1)C(NC(=O)NCC(C)CCO)CO2. The summed E-state index contributed by atoms with van der Waals surface area (Å²) in [6.07, 6.45) is 0.689. The fourth-order valence-electron chi connectivity index (χ4n) is 2.25. The molecule has 110 valence electrons. The van der Waals surface area contributed by atoms with Gasteiger partial charge in [0.1, 0.15) is 12.4 Å². The average molecular weight is 278 g/mol. The lowest BCUT2D eigenvalue weighted by atomic mass is 10.1. The second-order valence-electron chi connectivity index (χ2n) is 5.38. The molecule has 1 aliphatic heterocycles. The van der Waals surface area contributed by atoms with E-state index in [0.29, 0.717) is 19.6 Å². The van der Waals surface area contributed by atoms with E-state index in [1.54, 1.807) is 0 Å². The van der Waals surface area contributed by atoms with E-state index in [1.165, 1.54) is 0 Å². The number of aliphatic hydroxyl groups excluding tert-OH is 1. The van der Waals surface area contributed by atoms with Gasteiger partial charge in [-0.05, 0) is 25.3 Å². The smallest absolute Gasteiger partial charge is 0.315 e. The average Bonchev–Trinajstić information content (AvgIpc) is 2.79. The summed E-state index contributed by atoms with van der Waals surface area (Å²) in [5.74, 6) is 1.11. The number of urea groups is 1. The molecule has 2 amide bonds. The summed E-state index contributed by atoms with van der Waals surface area (Å²) in [4.78, 5) is 11.9. The van der Waals surface area contributed by atoms with Gasteiger partial charge >= 0.3 is 6.03 Å². The van der Waals surface area contributed by atoms with E-state index in [1.807, 2.05) is 32.0 Å². The molecule has 2 unspecified atom stereocenters. The minimum Gasteiger partial charge on any atom is -0.491 e. The van der Waals surface area contributed by atoms with Gasteiger partial charge in [0.15, 0.2) is 0 Å². The summed E-state index contributed by atoms with van der Waals surface area (Å²) in [7, 11) is 0. The van der Waals surface area contributed by atoms with E-state index < -0.39 is 0 Å². The third kappa shape index (κ3) is 3.63. The van der Waals surface area contributed by atoms with Gasteiger partial charge in [-0.15, -0.1) is 0 Å². The van der Waals surface area contributed by atoms with Gasteiger partial charge in [0.25, 0.3) is 0 Å². The molecule has 1 aliphatic rings. The number of rotatable bonds is 5. The topological polar surface area (TPSA) is 70.6 Å². The van der Waals surface area contributed by atoms with Crippen LogP contribution in [0.2, 0.25) is 0 Å². The molecule has 1 heterocycles. The molecule has 1 aromatic carbocycles. The van der Waals surface area contributed by atoms with Crippen molar-refractivity contribution in [2.75, 3.05) is 19.8 Å². The zero-order chi connectivity index (χ0) is 14.5. The van der Waals surface area contributed by atoms with Crippen molar-refractivity contribution >= 4 is 6.03 Å². The number of benzene rings is 1. The van der Waals surface area contributed by atoms with Gasteiger partial charge in [0.05, 0.1) is 6.04 Å². The van der Waals surface area contributed by atoms with Crippen LogP contribution in [0.5, 0.6) is 5.75 Å². The number of ether oxygens (including phenoxy) is 1. The Bertz CT molecular complexity index is 476. The standard InChI is InChI=1S/C15H22N2O3/c1-10-3-4-14-12(7-10)13(9-20-14)17-15(19)16-8-11(2)5-6-18/h3-4,7,11,13,18H,5-6,8-9H2,1-2H3,(H2,16,17,19). The first-order valence-corrected chi connectivity index (χ1v) is 6.98. The molecule has 5 heteroatoms. The highest BCUT2D eigenvalue weighted by molar-refractivity contribution is 5.74. The first-order valence-electron chi connectivity index (χ1n) is 6.98. The molecule has 0 saturated heterocycles. The maximum Gasteiger partial charge on any atom is 0.315 e. The van der Waals surface area contributed by atoms with Crippen molar-refractivity contribution in [3.05, 3.63) is 29.3 Å². The van der Waals surface area contributed by atoms with Crippen molar-refractivity contribution in [1.82, 2.24) is 10.6 Å². The first kappa shape index (κ1) is 14.7. The van der Waals surface area contributed by atoms with Crippen LogP contribution in [0.4, 0.5) is 4.79 Å². The molecule has 0 aromatic heterocycles. The number of carbonyl (C=O) groups is 1. The quantitative estimate of drug-likeness (QED) is 0.768. The van der Waals surface area contributed by atoms with Crippen molar-refractivity contribution in [3.63, 3.8) is 0 Å². The van der Waals surface area contributed by atoms with Crippen LogP contribution in [-0.2, 0) is 0 Å². The summed E-state index contributed by atoms with van der Waals surface area (Å²) < 4.78 is 5.56. The normalized spacial score (nSPS) is 18.1. The van der Waals surface area contributed by atoms with Crippen molar-refractivity contribution in [2.24, 2.45) is 5.92 Å². The third-order valence-corrected chi connectivity index (χ3v) is 3.48. The van der Waals surface area contributed by atoms with Gasteiger partial charge in [-0.3, -0.25) is 0 Å². The Kier molecular flexibility index (Phi) is 4.84. The molecular weight excluding hydrogens is 256 g/mol. The number of hydrogen-bond donors (Lipinski definition) is 3. The lowest BCUT2D eigenvalue weighted by molar-refractivity contribution is 0.226. The van der Waals surface area contributed by atoms with Crippen molar-refractivity contribution in [2.45, 2.75) is 26.3 Å². The molecule has 0 fully saturated rings. The van der Waals surface area contributed by atoms with Crippen LogP contribution in [0.1, 0.15) is 30.5 Å². The van der Waals surface area contributed by atoms with E-state index >= 15 is 0 Å². The van der Waals surface area contributed by atoms with Crippen LogP contribution >= 0.6 is 0 Å². The van der Waals surface area contributed by atoms with Gasteiger partial charge in [-0.2, -0.15) is 0 Å². The minimum absolute atomic E-state index is 0.0990. The molecule has 2 atom stereocenters. The van der Waals surface area contributed by atoms with E-state index in [9.17, 15) is 4.79 Å². The van der Waals surface area contributed by atoms with E-state index in [0.717, 1.165) is 16.9 Å². The molecule has 20 heavy (non-hydrogen) atoms. The number of aliphatic hydroxyl groups is 1. The van der Waals surface area contributed by atoms with Gasteiger partial charge in [0.2, 0.25) is 0 Å². The highest BCUT2D eigenvalue weighted by Gasteiger charge is 2.25. The van der Waals surface area contributed by atoms with Crippen molar-refractivity contribution < 1.29 is 14.6 Å². The molecular formula is C15H22N2O3. The summed E-state index contributed by atoms with van der Waals surface area (Å²) >= 11 is 0. The molecule has 2 rings (SSSR count). The number of nitrogens with one attached hydrogen (secondary N) is 2. The highest BCUT2D eigenvalue weighted by Crippen LogP contribution is 2.32. The molecule has 0 radical (unpaired) electrons. The van der Waals surface area contributed by atoms with Crippen LogP contribution in [-0.4, -0.2) is 30.9 Å². The fourth-order valence-corrected chi connectivity index (χ4v) is 2.25. The molecule has 0 bridgehead atoms. The lowest BCUT2D eigenvalue weighted by Crippen LogP contribution is -2.40. The summed E-state index contributed by atoms with van der Waals surface area (Å²) in [6.45, 7) is 5.19. The zero-order valence-electron chi connectivity index (χ0n) is 12.0. The van der Waals surface area contributed by atoms with E-state index in [-0.39, 0.29) is 24.6 Å². The molecule has 3 N–H and O–H groups in total. The van der Waals surface area contributed by atoms with Crippen LogP contribution in [0.25, 0.3) is 0 Å².